The molecule has 5 unspecified atom stereocenters. The molecule has 0 bridgehead atoms. The fourth-order valence-corrected chi connectivity index (χ4v) is 5.21. The molecule has 3 heterocycles. The SMILES string of the molecule is COc1ccc(/C=C/C2CCNC3NC(N4c5ccccc5CC4C)NC(=O)C23)cc1. The van der Waals surface area contributed by atoms with Crippen LogP contribution in [0.5, 0.6) is 5.75 Å². The number of nitrogens with zero attached hydrogens (tertiary/aromatic N) is 1. The third kappa shape index (κ3) is 3.82. The lowest BCUT2D eigenvalue weighted by atomic mass is 9.81. The van der Waals surface area contributed by atoms with Crippen LogP contribution in [-0.2, 0) is 11.2 Å². The maximum atomic E-state index is 13.3. The van der Waals surface area contributed by atoms with Crippen LogP contribution >= 0.6 is 0 Å². The predicted octanol–water partition coefficient (Wildman–Crippen LogP) is 2.71. The zero-order valence-corrected chi connectivity index (χ0v) is 18.0. The molecule has 6 nitrogen and oxygen atoms in total. The third-order valence-corrected chi connectivity index (χ3v) is 6.77. The van der Waals surface area contributed by atoms with Gasteiger partial charge in [-0.2, -0.15) is 0 Å². The molecule has 162 valence electrons. The summed E-state index contributed by atoms with van der Waals surface area (Å²) in [7, 11) is 1.67. The Balaban J connectivity index is 1.32. The highest BCUT2D eigenvalue weighted by molar-refractivity contribution is 5.82. The van der Waals surface area contributed by atoms with Gasteiger partial charge in [0.1, 0.15) is 5.75 Å². The van der Waals surface area contributed by atoms with E-state index in [1.807, 2.05) is 24.3 Å². The summed E-state index contributed by atoms with van der Waals surface area (Å²) in [5.74, 6) is 1.01. The highest BCUT2D eigenvalue weighted by atomic mass is 16.5. The minimum absolute atomic E-state index is 0.0435. The number of methoxy groups -OCH3 is 1. The second kappa shape index (κ2) is 8.36. The number of rotatable bonds is 4. The van der Waals surface area contributed by atoms with Crippen molar-refractivity contribution in [3.63, 3.8) is 0 Å². The van der Waals surface area contributed by atoms with Gasteiger partial charge in [0.2, 0.25) is 5.91 Å². The average Bonchev–Trinajstić information content (AvgIpc) is 3.13. The van der Waals surface area contributed by atoms with Crippen molar-refractivity contribution in [2.45, 2.75) is 38.3 Å². The topological polar surface area (TPSA) is 65.6 Å². The van der Waals surface area contributed by atoms with Gasteiger partial charge < -0.3 is 20.3 Å². The van der Waals surface area contributed by atoms with Crippen LogP contribution < -0.4 is 25.6 Å². The van der Waals surface area contributed by atoms with E-state index in [9.17, 15) is 4.79 Å². The molecule has 3 aliphatic rings. The van der Waals surface area contributed by atoms with Gasteiger partial charge in [0.05, 0.1) is 19.2 Å². The van der Waals surface area contributed by atoms with Crippen LogP contribution in [0.3, 0.4) is 0 Å². The van der Waals surface area contributed by atoms with Crippen molar-refractivity contribution in [1.82, 2.24) is 16.0 Å². The standard InChI is InChI=1S/C25H30N4O2/c1-16-15-19-5-3-4-6-21(19)29(16)25-27-23-22(24(30)28-25)18(13-14-26-23)10-7-17-8-11-20(31-2)12-9-17/h3-12,16,18,22-23,25-27H,13-15H2,1-2H3,(H,28,30)/b10-7+. The van der Waals surface area contributed by atoms with Crippen molar-refractivity contribution in [1.29, 1.82) is 0 Å². The summed E-state index contributed by atoms with van der Waals surface area (Å²) in [6.45, 7) is 3.10. The lowest BCUT2D eigenvalue weighted by Crippen LogP contribution is -2.73. The number of carbonyl (C=O) groups excluding carboxylic acids is 1. The molecule has 3 aliphatic heterocycles. The normalized spacial score (nSPS) is 30.1. The predicted molar refractivity (Wildman–Crippen MR) is 123 cm³/mol. The number of hydrogen-bond acceptors (Lipinski definition) is 5. The van der Waals surface area contributed by atoms with Crippen molar-refractivity contribution in [3.05, 3.63) is 65.7 Å². The van der Waals surface area contributed by atoms with Gasteiger partial charge in [0, 0.05) is 11.7 Å². The molecule has 0 aromatic heterocycles. The van der Waals surface area contributed by atoms with Gasteiger partial charge in [-0.1, -0.05) is 42.5 Å². The Hall–Kier alpha value is -2.83. The molecular formula is C25H30N4O2. The minimum atomic E-state index is -0.204. The number of piperidine rings is 1. The van der Waals surface area contributed by atoms with Crippen molar-refractivity contribution < 1.29 is 9.53 Å². The first-order chi connectivity index (χ1) is 15.1. The number of ether oxygens (including phenoxy) is 1. The number of hydrogen-bond donors (Lipinski definition) is 3. The molecule has 2 aromatic rings. The van der Waals surface area contributed by atoms with Gasteiger partial charge in [-0.25, -0.2) is 0 Å². The zero-order chi connectivity index (χ0) is 21.4. The molecule has 3 N–H and O–H groups in total. The summed E-state index contributed by atoms with van der Waals surface area (Å²) < 4.78 is 5.23. The Labute approximate surface area is 183 Å². The second-order valence-corrected chi connectivity index (χ2v) is 8.71. The van der Waals surface area contributed by atoms with Crippen molar-refractivity contribution in [3.8, 4) is 5.75 Å². The Bertz CT molecular complexity index is 974. The molecule has 2 saturated heterocycles. The van der Waals surface area contributed by atoms with Gasteiger partial charge in [-0.05, 0) is 61.6 Å². The quantitative estimate of drug-likeness (QED) is 0.713. The van der Waals surface area contributed by atoms with E-state index in [0.29, 0.717) is 6.04 Å². The second-order valence-electron chi connectivity index (χ2n) is 8.71. The highest BCUT2D eigenvalue weighted by Crippen LogP contribution is 2.35. The molecule has 2 fully saturated rings. The van der Waals surface area contributed by atoms with Crippen LogP contribution in [0, 0.1) is 11.8 Å². The molecule has 0 spiro atoms. The van der Waals surface area contributed by atoms with Crippen molar-refractivity contribution >= 4 is 17.7 Å². The van der Waals surface area contributed by atoms with Crippen LogP contribution in [0.2, 0.25) is 0 Å². The number of nitrogens with one attached hydrogen (secondary N) is 3. The number of anilines is 1. The summed E-state index contributed by atoms with van der Waals surface area (Å²) in [6.07, 6.45) is 6.00. The first-order valence-corrected chi connectivity index (χ1v) is 11.1. The van der Waals surface area contributed by atoms with Gasteiger partial charge >= 0.3 is 0 Å². The minimum Gasteiger partial charge on any atom is -0.497 e. The highest BCUT2D eigenvalue weighted by Gasteiger charge is 2.45. The molecule has 0 aliphatic carbocycles. The van der Waals surface area contributed by atoms with E-state index in [0.717, 1.165) is 30.7 Å². The number of para-hydroxylation sites is 1. The van der Waals surface area contributed by atoms with Crippen LogP contribution in [0.4, 0.5) is 5.69 Å². The average molecular weight is 419 g/mol. The number of allylic oxidation sites excluding steroid dienone is 1. The van der Waals surface area contributed by atoms with Crippen LogP contribution in [-0.4, -0.2) is 38.1 Å². The molecule has 1 amide bonds. The molecule has 6 heteroatoms. The monoisotopic (exact) mass is 418 g/mol. The van der Waals surface area contributed by atoms with Gasteiger partial charge in [-0.15, -0.1) is 0 Å². The molecule has 5 atom stereocenters. The fraction of sp³-hybridized carbons (Fsp3) is 0.400. The molecule has 31 heavy (non-hydrogen) atoms. The molecule has 0 saturated carbocycles. The number of benzene rings is 2. The van der Waals surface area contributed by atoms with E-state index in [4.69, 9.17) is 4.74 Å². The summed E-state index contributed by atoms with van der Waals surface area (Å²) in [5, 5.41) is 10.5. The van der Waals surface area contributed by atoms with Gasteiger partial charge in [0.25, 0.3) is 0 Å². The summed E-state index contributed by atoms with van der Waals surface area (Å²) in [4.78, 5) is 15.6. The largest absolute Gasteiger partial charge is 0.497 e. The maximum absolute atomic E-state index is 13.3. The smallest absolute Gasteiger partial charge is 0.229 e. The van der Waals surface area contributed by atoms with E-state index in [1.165, 1.54) is 11.3 Å². The van der Waals surface area contributed by atoms with Crippen LogP contribution in [0.1, 0.15) is 24.5 Å². The first kappa shape index (κ1) is 20.1. The van der Waals surface area contributed by atoms with Crippen LogP contribution in [0.25, 0.3) is 6.08 Å². The zero-order valence-electron chi connectivity index (χ0n) is 18.0. The summed E-state index contributed by atoms with van der Waals surface area (Å²) in [6, 6.07) is 16.8. The number of amides is 1. The summed E-state index contributed by atoms with van der Waals surface area (Å²) >= 11 is 0. The first-order valence-electron chi connectivity index (χ1n) is 11.1. The van der Waals surface area contributed by atoms with E-state index in [2.05, 4.69) is 64.2 Å². The lowest BCUT2D eigenvalue weighted by Gasteiger charge is -2.47. The fourth-order valence-electron chi connectivity index (χ4n) is 5.21. The molecule has 0 radical (unpaired) electrons. The third-order valence-electron chi connectivity index (χ3n) is 6.77. The summed E-state index contributed by atoms with van der Waals surface area (Å²) in [5.41, 5.74) is 3.66. The van der Waals surface area contributed by atoms with Crippen LogP contribution in [0.15, 0.2) is 54.6 Å². The number of carbonyl (C=O) groups is 1. The van der Waals surface area contributed by atoms with Gasteiger partial charge in [-0.3, -0.25) is 10.1 Å². The van der Waals surface area contributed by atoms with Crippen molar-refractivity contribution in [2.75, 3.05) is 18.6 Å². The van der Waals surface area contributed by atoms with E-state index in [1.54, 1.807) is 7.11 Å². The van der Waals surface area contributed by atoms with E-state index >= 15 is 0 Å². The van der Waals surface area contributed by atoms with E-state index < -0.39 is 0 Å². The van der Waals surface area contributed by atoms with Crippen molar-refractivity contribution in [2.24, 2.45) is 11.8 Å². The number of fused-ring (bicyclic) bond motifs is 2. The lowest BCUT2D eigenvalue weighted by molar-refractivity contribution is -0.132. The Morgan fingerprint density at radius 2 is 1.94 bits per heavy atom. The molecule has 2 aromatic carbocycles. The van der Waals surface area contributed by atoms with Gasteiger partial charge in [0.15, 0.2) is 6.29 Å². The Morgan fingerprint density at radius 3 is 2.74 bits per heavy atom. The van der Waals surface area contributed by atoms with E-state index in [-0.39, 0.29) is 30.2 Å². The maximum Gasteiger partial charge on any atom is 0.229 e. The molecular weight excluding hydrogens is 388 g/mol. The Kier molecular flexibility index (Phi) is 5.42. The molecule has 5 rings (SSSR count). The Morgan fingerprint density at radius 1 is 1.13 bits per heavy atom.